The van der Waals surface area contributed by atoms with Crippen molar-refractivity contribution in [1.82, 2.24) is 0 Å². The van der Waals surface area contributed by atoms with Crippen molar-refractivity contribution in [2.45, 2.75) is 26.2 Å². The minimum atomic E-state index is -0.177. The molecule has 3 rings (SSSR count). The maximum atomic E-state index is 13.0. The van der Waals surface area contributed by atoms with Gasteiger partial charge in [-0.25, -0.2) is 0 Å². The molecule has 0 fully saturated rings. The highest BCUT2D eigenvalue weighted by molar-refractivity contribution is 9.10. The first kappa shape index (κ1) is 20.2. The Bertz CT molecular complexity index is 938. The van der Waals surface area contributed by atoms with Crippen LogP contribution < -0.4 is 10.1 Å². The molecule has 0 heterocycles. The van der Waals surface area contributed by atoms with Gasteiger partial charge >= 0.3 is 0 Å². The highest BCUT2D eigenvalue weighted by Crippen LogP contribution is 2.27. The average molecular weight is 438 g/mol. The summed E-state index contributed by atoms with van der Waals surface area (Å²) in [5.41, 5.74) is 3.66. The van der Waals surface area contributed by atoms with Crippen molar-refractivity contribution in [3.63, 3.8) is 0 Å². The van der Waals surface area contributed by atoms with Crippen LogP contribution in [-0.2, 0) is 6.42 Å². The second kappa shape index (κ2) is 9.56. The first-order chi connectivity index (χ1) is 13.5. The quantitative estimate of drug-likeness (QED) is 0.461. The lowest BCUT2D eigenvalue weighted by Gasteiger charge is -2.16. The summed E-state index contributed by atoms with van der Waals surface area (Å²) in [4.78, 5) is 13.0. The van der Waals surface area contributed by atoms with Crippen LogP contribution in [0.3, 0.4) is 0 Å². The number of halogens is 1. The van der Waals surface area contributed by atoms with Crippen LogP contribution in [0.2, 0.25) is 0 Å². The van der Waals surface area contributed by atoms with E-state index >= 15 is 0 Å². The maximum absolute atomic E-state index is 13.0. The van der Waals surface area contributed by atoms with Gasteiger partial charge in [0.05, 0.1) is 12.2 Å². The third-order valence-electron chi connectivity index (χ3n) is 4.51. The second-order valence-electron chi connectivity index (χ2n) is 6.92. The van der Waals surface area contributed by atoms with Crippen molar-refractivity contribution in [2.75, 3.05) is 11.9 Å². The molecule has 144 valence electrons. The van der Waals surface area contributed by atoms with E-state index in [-0.39, 0.29) is 5.91 Å². The van der Waals surface area contributed by atoms with Crippen LogP contribution in [0.25, 0.3) is 0 Å². The van der Waals surface area contributed by atoms with Crippen LogP contribution >= 0.6 is 15.9 Å². The third kappa shape index (κ3) is 5.23. The Kier molecular flexibility index (Phi) is 6.88. The largest absolute Gasteiger partial charge is 0.492 e. The topological polar surface area (TPSA) is 38.3 Å². The molecule has 1 amide bonds. The number of benzene rings is 3. The summed E-state index contributed by atoms with van der Waals surface area (Å²) in [6, 6.07) is 23.6. The van der Waals surface area contributed by atoms with E-state index in [1.54, 1.807) is 6.07 Å². The Morgan fingerprint density at radius 3 is 2.46 bits per heavy atom. The average Bonchev–Trinajstić information content (AvgIpc) is 2.70. The van der Waals surface area contributed by atoms with E-state index < -0.39 is 0 Å². The fourth-order valence-corrected chi connectivity index (χ4v) is 3.39. The lowest BCUT2D eigenvalue weighted by molar-refractivity contribution is 0.102. The van der Waals surface area contributed by atoms with E-state index in [1.165, 1.54) is 5.56 Å². The molecular formula is C24H24BrNO2. The molecule has 0 radical (unpaired) electrons. The van der Waals surface area contributed by atoms with Crippen molar-refractivity contribution in [2.24, 2.45) is 0 Å². The minimum absolute atomic E-state index is 0.177. The molecule has 0 saturated carbocycles. The van der Waals surface area contributed by atoms with Gasteiger partial charge in [-0.15, -0.1) is 0 Å². The van der Waals surface area contributed by atoms with Gasteiger partial charge in [-0.2, -0.15) is 0 Å². The predicted molar refractivity (Wildman–Crippen MR) is 118 cm³/mol. The molecule has 0 saturated heterocycles. The zero-order valence-corrected chi connectivity index (χ0v) is 17.7. The van der Waals surface area contributed by atoms with Crippen LogP contribution in [0.5, 0.6) is 5.75 Å². The molecule has 0 aliphatic rings. The monoisotopic (exact) mass is 437 g/mol. The molecule has 0 aliphatic carbocycles. The predicted octanol–water partition coefficient (Wildman–Crippen LogP) is 6.45. The number of amides is 1. The number of hydrogen-bond donors (Lipinski definition) is 1. The Morgan fingerprint density at radius 1 is 1.00 bits per heavy atom. The summed E-state index contributed by atoms with van der Waals surface area (Å²) in [5, 5.41) is 3.04. The van der Waals surface area contributed by atoms with Crippen LogP contribution in [0.15, 0.2) is 77.3 Å². The zero-order valence-electron chi connectivity index (χ0n) is 16.1. The standard InChI is InChI=1S/C24H24BrNO2/c1-17(2)20-10-6-7-11-22(20)26-24(27)21-16-19(25)12-13-23(21)28-15-14-18-8-4-3-5-9-18/h3-13,16-17H,14-15H2,1-2H3,(H,26,27). The lowest BCUT2D eigenvalue weighted by Crippen LogP contribution is -2.16. The van der Waals surface area contributed by atoms with Gasteiger partial charge in [-0.05, 0) is 41.3 Å². The van der Waals surface area contributed by atoms with Gasteiger partial charge in [0.15, 0.2) is 0 Å². The number of para-hydroxylation sites is 1. The fourth-order valence-electron chi connectivity index (χ4n) is 3.03. The molecule has 28 heavy (non-hydrogen) atoms. The number of ether oxygens (including phenoxy) is 1. The number of carbonyl (C=O) groups is 1. The summed E-state index contributed by atoms with van der Waals surface area (Å²) in [5.74, 6) is 0.725. The van der Waals surface area contributed by atoms with E-state index in [9.17, 15) is 4.79 Å². The molecule has 0 spiro atoms. The van der Waals surface area contributed by atoms with Gasteiger partial charge in [-0.1, -0.05) is 78.3 Å². The van der Waals surface area contributed by atoms with E-state index in [2.05, 4.69) is 47.2 Å². The first-order valence-electron chi connectivity index (χ1n) is 9.41. The van der Waals surface area contributed by atoms with Gasteiger partial charge in [0, 0.05) is 16.6 Å². The highest BCUT2D eigenvalue weighted by Gasteiger charge is 2.16. The molecule has 3 aromatic rings. The lowest BCUT2D eigenvalue weighted by atomic mass is 10.0. The summed E-state index contributed by atoms with van der Waals surface area (Å²) < 4.78 is 6.79. The Balaban J connectivity index is 1.75. The van der Waals surface area contributed by atoms with E-state index in [4.69, 9.17) is 4.74 Å². The SMILES string of the molecule is CC(C)c1ccccc1NC(=O)c1cc(Br)ccc1OCCc1ccccc1. The van der Waals surface area contributed by atoms with Crippen molar-refractivity contribution < 1.29 is 9.53 Å². The molecule has 4 heteroatoms. The molecule has 1 N–H and O–H groups in total. The molecule has 0 unspecified atom stereocenters. The second-order valence-corrected chi connectivity index (χ2v) is 7.84. The van der Waals surface area contributed by atoms with Gasteiger partial charge in [-0.3, -0.25) is 4.79 Å². The van der Waals surface area contributed by atoms with Gasteiger partial charge in [0.25, 0.3) is 5.91 Å². The van der Waals surface area contributed by atoms with E-state index in [0.717, 1.165) is 22.1 Å². The number of rotatable bonds is 7. The summed E-state index contributed by atoms with van der Waals surface area (Å²) in [7, 11) is 0. The van der Waals surface area contributed by atoms with E-state index in [0.29, 0.717) is 23.8 Å². The Labute approximate surface area is 174 Å². The van der Waals surface area contributed by atoms with Crippen molar-refractivity contribution in [3.8, 4) is 5.75 Å². The fraction of sp³-hybridized carbons (Fsp3) is 0.208. The van der Waals surface area contributed by atoms with Crippen LogP contribution in [0, 0.1) is 0 Å². The smallest absolute Gasteiger partial charge is 0.259 e. The van der Waals surface area contributed by atoms with Crippen molar-refractivity contribution >= 4 is 27.5 Å². The Hall–Kier alpha value is -2.59. The van der Waals surface area contributed by atoms with Gasteiger partial charge in [0.1, 0.15) is 5.75 Å². The normalized spacial score (nSPS) is 10.7. The zero-order chi connectivity index (χ0) is 19.9. The summed E-state index contributed by atoms with van der Waals surface area (Å²) in [6.07, 6.45) is 0.786. The maximum Gasteiger partial charge on any atom is 0.259 e. The van der Waals surface area contributed by atoms with Crippen LogP contribution in [-0.4, -0.2) is 12.5 Å². The van der Waals surface area contributed by atoms with Gasteiger partial charge < -0.3 is 10.1 Å². The van der Waals surface area contributed by atoms with E-state index in [1.807, 2.05) is 54.6 Å². The van der Waals surface area contributed by atoms with Gasteiger partial charge in [0.2, 0.25) is 0 Å². The van der Waals surface area contributed by atoms with Crippen molar-refractivity contribution in [1.29, 1.82) is 0 Å². The summed E-state index contributed by atoms with van der Waals surface area (Å²) in [6.45, 7) is 4.74. The van der Waals surface area contributed by atoms with Crippen molar-refractivity contribution in [3.05, 3.63) is 94.0 Å². The molecule has 0 aromatic heterocycles. The molecule has 0 aliphatic heterocycles. The molecule has 3 aromatic carbocycles. The third-order valence-corrected chi connectivity index (χ3v) is 5.00. The molecule has 3 nitrogen and oxygen atoms in total. The molecule has 0 atom stereocenters. The summed E-state index contributed by atoms with van der Waals surface area (Å²) >= 11 is 3.46. The Morgan fingerprint density at radius 2 is 1.71 bits per heavy atom. The number of hydrogen-bond acceptors (Lipinski definition) is 2. The number of nitrogens with one attached hydrogen (secondary N) is 1. The van der Waals surface area contributed by atoms with Crippen LogP contribution in [0.1, 0.15) is 41.3 Å². The number of carbonyl (C=O) groups excluding carboxylic acids is 1. The molecule has 0 bridgehead atoms. The number of anilines is 1. The molecular weight excluding hydrogens is 414 g/mol. The van der Waals surface area contributed by atoms with Crippen LogP contribution in [0.4, 0.5) is 5.69 Å². The first-order valence-corrected chi connectivity index (χ1v) is 10.2. The minimum Gasteiger partial charge on any atom is -0.492 e. The highest BCUT2D eigenvalue weighted by atomic mass is 79.9.